The van der Waals surface area contributed by atoms with E-state index in [0.29, 0.717) is 16.0 Å². The first-order valence-electron chi connectivity index (χ1n) is 11.3. The number of carbonyl (C=O) groups excluding carboxylic acids is 2. The van der Waals surface area contributed by atoms with Crippen LogP contribution >= 0.6 is 11.8 Å². The minimum atomic E-state index is -5.71. The van der Waals surface area contributed by atoms with Crippen molar-refractivity contribution < 1.29 is 50.2 Å². The molecule has 0 fully saturated rings. The van der Waals surface area contributed by atoms with Crippen LogP contribution in [0.5, 0.6) is 0 Å². The fraction of sp³-hybridized carbons (Fsp3) is 0.0741. The molecule has 4 aromatic rings. The molecule has 0 aliphatic heterocycles. The maximum Gasteiger partial charge on any atom is 0.422 e. The molecule has 4 aromatic carbocycles. The van der Waals surface area contributed by atoms with E-state index in [-0.39, 0.29) is 16.5 Å². The van der Waals surface area contributed by atoms with Gasteiger partial charge in [-0.1, -0.05) is 24.3 Å². The number of benzene rings is 4. The monoisotopic (exact) mass is 596 g/mol. The summed E-state index contributed by atoms with van der Waals surface area (Å²) in [4.78, 5) is 37.1. The van der Waals surface area contributed by atoms with Gasteiger partial charge in [0.05, 0.1) is 11.3 Å². The topological polar surface area (TPSA) is 95.5 Å². The quantitative estimate of drug-likeness (QED) is 0.120. The van der Waals surface area contributed by atoms with E-state index < -0.39 is 64.2 Å². The summed E-state index contributed by atoms with van der Waals surface area (Å²) in [6.45, 7) is 0. The van der Waals surface area contributed by atoms with Crippen LogP contribution < -0.4 is 10.6 Å². The van der Waals surface area contributed by atoms with E-state index in [2.05, 4.69) is 5.32 Å². The Morgan fingerprint density at radius 3 is 1.85 bits per heavy atom. The highest BCUT2D eigenvalue weighted by Gasteiger charge is 2.42. The van der Waals surface area contributed by atoms with Crippen molar-refractivity contribution in [2.75, 3.05) is 16.4 Å². The lowest BCUT2D eigenvalue weighted by Crippen LogP contribution is -2.21. The van der Waals surface area contributed by atoms with Gasteiger partial charge in [-0.05, 0) is 41.8 Å². The molecule has 0 unspecified atom stereocenters. The number of fused-ring (bicyclic) bond motifs is 1. The molecule has 2 amide bonds. The number of hydrogen-bond acceptors (Lipinski definition) is 4. The average molecular weight is 596 g/mol. The number of carbonyl (C=O) groups is 3. The predicted octanol–water partition coefficient (Wildman–Crippen LogP) is 7.10. The molecule has 3 N–H and O–H groups in total. The number of rotatable bonds is 7. The minimum Gasteiger partial charge on any atom is -0.478 e. The van der Waals surface area contributed by atoms with E-state index in [0.717, 1.165) is 11.8 Å². The normalized spacial score (nSPS) is 11.4. The Morgan fingerprint density at radius 1 is 0.756 bits per heavy atom. The SMILES string of the molecule is O=C(CSc1ccc(NC(=O)c2cccc3cccc(C(=O)O)c23)cc1)Nc1c(F)c(F)c(C(F)(F)F)c(F)c1F. The Labute approximate surface area is 230 Å². The number of amides is 2. The molecule has 41 heavy (non-hydrogen) atoms. The van der Waals surface area contributed by atoms with Crippen molar-refractivity contribution in [1.29, 1.82) is 0 Å². The number of nitrogens with one attached hydrogen (secondary N) is 2. The minimum absolute atomic E-state index is 0.0557. The van der Waals surface area contributed by atoms with Gasteiger partial charge in [0.25, 0.3) is 5.91 Å². The summed E-state index contributed by atoms with van der Waals surface area (Å²) < 4.78 is 93.7. The fourth-order valence-electron chi connectivity index (χ4n) is 3.86. The molecule has 0 saturated carbocycles. The van der Waals surface area contributed by atoms with Gasteiger partial charge < -0.3 is 15.7 Å². The molecule has 212 valence electrons. The van der Waals surface area contributed by atoms with E-state index in [9.17, 15) is 50.2 Å². The second kappa shape index (κ2) is 11.5. The number of anilines is 2. The molecule has 0 heterocycles. The van der Waals surface area contributed by atoms with Crippen LogP contribution in [0.4, 0.5) is 42.1 Å². The van der Waals surface area contributed by atoms with E-state index >= 15 is 0 Å². The van der Waals surface area contributed by atoms with Gasteiger partial charge in [0.15, 0.2) is 23.3 Å². The van der Waals surface area contributed by atoms with Crippen molar-refractivity contribution >= 4 is 51.7 Å². The molecule has 14 heteroatoms. The summed E-state index contributed by atoms with van der Waals surface area (Å²) in [5.74, 6) is -13.7. The molecule has 0 atom stereocenters. The van der Waals surface area contributed by atoms with E-state index in [1.165, 1.54) is 41.7 Å². The first-order chi connectivity index (χ1) is 19.3. The first-order valence-corrected chi connectivity index (χ1v) is 12.3. The molecule has 0 radical (unpaired) electrons. The molecule has 0 aliphatic carbocycles. The third kappa shape index (κ3) is 6.11. The second-order valence-corrected chi connectivity index (χ2v) is 9.38. The summed E-state index contributed by atoms with van der Waals surface area (Å²) in [5, 5.41) is 14.5. The van der Waals surface area contributed by atoms with Crippen LogP contribution in [0.1, 0.15) is 26.3 Å². The summed E-state index contributed by atoms with van der Waals surface area (Å²) >= 11 is 0.804. The number of hydrogen-bond donors (Lipinski definition) is 3. The highest BCUT2D eigenvalue weighted by Crippen LogP contribution is 2.38. The third-order valence-corrected chi connectivity index (χ3v) is 6.69. The van der Waals surface area contributed by atoms with Crippen LogP contribution in [0.2, 0.25) is 0 Å². The summed E-state index contributed by atoms with van der Waals surface area (Å²) in [6, 6.07) is 15.1. The largest absolute Gasteiger partial charge is 0.478 e. The van der Waals surface area contributed by atoms with Gasteiger partial charge in [0.1, 0.15) is 11.3 Å². The Morgan fingerprint density at radius 2 is 1.32 bits per heavy atom. The van der Waals surface area contributed by atoms with Crippen molar-refractivity contribution in [2.45, 2.75) is 11.1 Å². The Bertz CT molecular complexity index is 1660. The highest BCUT2D eigenvalue weighted by molar-refractivity contribution is 8.00. The van der Waals surface area contributed by atoms with Gasteiger partial charge in [0.2, 0.25) is 5.91 Å². The van der Waals surface area contributed by atoms with Gasteiger partial charge in [-0.15, -0.1) is 11.8 Å². The number of halogens is 7. The van der Waals surface area contributed by atoms with Crippen LogP contribution in [0, 0.1) is 23.3 Å². The molecule has 4 rings (SSSR count). The van der Waals surface area contributed by atoms with Crippen molar-refractivity contribution in [3.63, 3.8) is 0 Å². The van der Waals surface area contributed by atoms with E-state index in [1.807, 2.05) is 0 Å². The molecule has 0 spiro atoms. The fourth-order valence-corrected chi connectivity index (χ4v) is 4.55. The number of carboxylic acids is 1. The third-order valence-electron chi connectivity index (χ3n) is 5.67. The summed E-state index contributed by atoms with van der Waals surface area (Å²) in [7, 11) is 0. The van der Waals surface area contributed by atoms with E-state index in [4.69, 9.17) is 0 Å². The number of thioether (sulfide) groups is 1. The average Bonchev–Trinajstić information content (AvgIpc) is 2.92. The number of aromatic carboxylic acids is 1. The maximum absolute atomic E-state index is 14.0. The molecule has 0 aromatic heterocycles. The number of alkyl halides is 3. The van der Waals surface area contributed by atoms with Crippen molar-refractivity contribution in [3.05, 3.63) is 101 Å². The predicted molar refractivity (Wildman–Crippen MR) is 136 cm³/mol. The standard InChI is InChI=1S/C27H15F7N2O4S/c28-20-19(27(32,33)34)21(29)23(31)24(22(20)30)36-17(37)11-41-14-9-7-13(8-10-14)35-25(38)15-5-1-3-12-4-2-6-16(18(12)15)26(39)40/h1-10H,11H2,(H,35,38)(H,36,37)(H,39,40). The lowest BCUT2D eigenvalue weighted by molar-refractivity contribution is -0.143. The Kier molecular flexibility index (Phi) is 8.24. The van der Waals surface area contributed by atoms with Crippen LogP contribution in [-0.4, -0.2) is 28.6 Å². The van der Waals surface area contributed by atoms with Crippen LogP contribution in [0.25, 0.3) is 10.8 Å². The van der Waals surface area contributed by atoms with Crippen molar-refractivity contribution in [3.8, 4) is 0 Å². The Balaban J connectivity index is 1.43. The van der Waals surface area contributed by atoms with Crippen molar-refractivity contribution in [1.82, 2.24) is 0 Å². The van der Waals surface area contributed by atoms with Crippen molar-refractivity contribution in [2.24, 2.45) is 0 Å². The van der Waals surface area contributed by atoms with Crippen LogP contribution in [-0.2, 0) is 11.0 Å². The maximum atomic E-state index is 14.0. The van der Waals surface area contributed by atoms with E-state index in [1.54, 1.807) is 24.3 Å². The highest BCUT2D eigenvalue weighted by atomic mass is 32.2. The van der Waals surface area contributed by atoms with Gasteiger partial charge in [-0.2, -0.15) is 13.2 Å². The summed E-state index contributed by atoms with van der Waals surface area (Å²) in [6.07, 6.45) is -5.71. The van der Waals surface area contributed by atoms with Gasteiger partial charge in [0, 0.05) is 21.5 Å². The summed E-state index contributed by atoms with van der Waals surface area (Å²) in [5.41, 5.74) is -4.09. The van der Waals surface area contributed by atoms with Crippen LogP contribution in [0.3, 0.4) is 0 Å². The smallest absolute Gasteiger partial charge is 0.422 e. The molecule has 0 bridgehead atoms. The zero-order chi connectivity index (χ0) is 30.1. The van der Waals surface area contributed by atoms with Gasteiger partial charge >= 0.3 is 12.1 Å². The molecule has 0 saturated heterocycles. The lowest BCUT2D eigenvalue weighted by atomic mass is 9.98. The first kappa shape index (κ1) is 29.4. The lowest BCUT2D eigenvalue weighted by Gasteiger charge is -2.14. The van der Waals surface area contributed by atoms with Gasteiger partial charge in [-0.25, -0.2) is 22.4 Å². The Hall–Kier alpha value is -4.59. The zero-order valence-electron chi connectivity index (χ0n) is 20.2. The molecule has 6 nitrogen and oxygen atoms in total. The molecular formula is C27H15F7N2O4S. The number of carboxylic acid groups (broad SMARTS) is 1. The van der Waals surface area contributed by atoms with Gasteiger partial charge in [-0.3, -0.25) is 9.59 Å². The molecule has 0 aliphatic rings. The molecular weight excluding hydrogens is 581 g/mol. The zero-order valence-corrected chi connectivity index (χ0v) is 21.0. The second-order valence-electron chi connectivity index (χ2n) is 8.33. The van der Waals surface area contributed by atoms with Crippen LogP contribution in [0.15, 0.2) is 65.6 Å².